The molecule has 1 aliphatic rings. The molecule has 2 N–H and O–H groups in total. The molecule has 0 spiro atoms. The van der Waals surface area contributed by atoms with Crippen molar-refractivity contribution in [2.45, 2.75) is 84.6 Å². The van der Waals surface area contributed by atoms with E-state index in [1.165, 1.54) is 25.7 Å². The van der Waals surface area contributed by atoms with Crippen molar-refractivity contribution in [3.63, 3.8) is 0 Å². The van der Waals surface area contributed by atoms with Gasteiger partial charge in [0.2, 0.25) is 5.91 Å². The van der Waals surface area contributed by atoms with Gasteiger partial charge in [0, 0.05) is 18.7 Å². The van der Waals surface area contributed by atoms with Gasteiger partial charge in [-0.1, -0.05) is 94.8 Å². The first-order valence-electron chi connectivity index (χ1n) is 14.4. The van der Waals surface area contributed by atoms with Crippen LogP contribution in [0.1, 0.15) is 95.7 Å². The highest BCUT2D eigenvalue weighted by atomic mass is 16.5. The van der Waals surface area contributed by atoms with E-state index in [9.17, 15) is 14.4 Å². The van der Waals surface area contributed by atoms with Gasteiger partial charge in [0.15, 0.2) is 0 Å². The average molecular weight is 534 g/mol. The molecule has 7 nitrogen and oxygen atoms in total. The highest BCUT2D eigenvalue weighted by Gasteiger charge is 2.38. The number of carbonyl (C=O) groups excluding carboxylic acids is 3. The second kappa shape index (κ2) is 15.7. The van der Waals surface area contributed by atoms with Crippen LogP contribution in [0, 0.1) is 0 Å². The molecular formula is C32H43N3O4. The minimum Gasteiger partial charge on any atom is -0.463 e. The maximum atomic E-state index is 13.4. The van der Waals surface area contributed by atoms with E-state index in [1.54, 1.807) is 11.8 Å². The Morgan fingerprint density at radius 1 is 0.897 bits per heavy atom. The van der Waals surface area contributed by atoms with Crippen LogP contribution >= 0.6 is 0 Å². The third-order valence-corrected chi connectivity index (χ3v) is 6.83. The number of hydrogen-bond acceptors (Lipinski definition) is 4. The number of nitrogens with zero attached hydrogens (tertiary/aromatic N) is 1. The predicted molar refractivity (Wildman–Crippen MR) is 156 cm³/mol. The molecule has 3 rings (SSSR count). The Labute approximate surface area is 233 Å². The van der Waals surface area contributed by atoms with E-state index < -0.39 is 12.0 Å². The third kappa shape index (κ3) is 8.44. The lowest BCUT2D eigenvalue weighted by Gasteiger charge is -2.37. The Kier molecular flexibility index (Phi) is 12.1. The van der Waals surface area contributed by atoms with E-state index in [1.807, 2.05) is 61.5 Å². The summed E-state index contributed by atoms with van der Waals surface area (Å²) in [4.78, 5) is 41.0. The fourth-order valence-electron chi connectivity index (χ4n) is 4.94. The SMILES string of the molecule is CCCCCCCCCC(=O)Nc1cccc([C@H]2NC(=O)N(CCC)C(c3ccccc3)=C2C(=O)OCC)c1. The van der Waals surface area contributed by atoms with Crippen LogP contribution in [0.25, 0.3) is 5.70 Å². The number of rotatable bonds is 15. The van der Waals surface area contributed by atoms with Gasteiger partial charge in [-0.25, -0.2) is 9.59 Å². The summed E-state index contributed by atoms with van der Waals surface area (Å²) in [5.74, 6) is -0.510. The summed E-state index contributed by atoms with van der Waals surface area (Å²) < 4.78 is 5.48. The number of unbranched alkanes of at least 4 members (excludes halogenated alkanes) is 6. The number of amides is 3. The number of benzene rings is 2. The standard InChI is InChI=1S/C32H43N3O4/c1-4-7-8-9-10-11-15-21-27(36)33-26-20-16-19-25(23-26)29-28(31(37)39-6-3)30(24-17-13-12-14-18-24)35(22-5-2)32(38)34-29/h12-14,16-20,23,29H,4-11,15,21-22H2,1-3H3,(H,33,36)(H,34,38)/t29-/m1/s1. The van der Waals surface area contributed by atoms with Crippen LogP contribution in [0.15, 0.2) is 60.2 Å². The number of anilines is 1. The molecule has 2 aromatic carbocycles. The molecule has 7 heteroatoms. The molecule has 0 saturated carbocycles. The Morgan fingerprint density at radius 2 is 1.62 bits per heavy atom. The summed E-state index contributed by atoms with van der Waals surface area (Å²) >= 11 is 0. The molecule has 1 heterocycles. The number of urea groups is 1. The van der Waals surface area contributed by atoms with Gasteiger partial charge in [0.25, 0.3) is 0 Å². The first-order valence-corrected chi connectivity index (χ1v) is 14.4. The molecule has 2 aromatic rings. The molecular weight excluding hydrogens is 490 g/mol. The zero-order chi connectivity index (χ0) is 28.0. The second-order valence-electron chi connectivity index (χ2n) is 9.93. The van der Waals surface area contributed by atoms with Crippen molar-refractivity contribution in [1.29, 1.82) is 0 Å². The fraction of sp³-hybridized carbons (Fsp3) is 0.469. The Bertz CT molecular complexity index is 1130. The molecule has 3 amide bonds. The second-order valence-corrected chi connectivity index (χ2v) is 9.93. The zero-order valence-corrected chi connectivity index (χ0v) is 23.6. The van der Waals surface area contributed by atoms with Gasteiger partial charge in [-0.3, -0.25) is 9.69 Å². The van der Waals surface area contributed by atoms with E-state index in [0.29, 0.717) is 35.5 Å². The van der Waals surface area contributed by atoms with Crippen molar-refractivity contribution < 1.29 is 19.1 Å². The van der Waals surface area contributed by atoms with Gasteiger partial charge in [-0.15, -0.1) is 0 Å². The lowest BCUT2D eigenvalue weighted by Crippen LogP contribution is -2.48. The monoisotopic (exact) mass is 533 g/mol. The van der Waals surface area contributed by atoms with Crippen molar-refractivity contribution in [3.8, 4) is 0 Å². The lowest BCUT2D eigenvalue weighted by molar-refractivity contribution is -0.139. The molecule has 0 radical (unpaired) electrons. The smallest absolute Gasteiger partial charge is 0.338 e. The first kappa shape index (κ1) is 29.9. The number of hydrogen-bond donors (Lipinski definition) is 2. The molecule has 1 aliphatic heterocycles. The molecule has 210 valence electrons. The normalized spacial score (nSPS) is 15.2. The maximum absolute atomic E-state index is 13.4. The summed E-state index contributed by atoms with van der Waals surface area (Å²) in [6.07, 6.45) is 9.25. The Morgan fingerprint density at radius 3 is 2.31 bits per heavy atom. The molecule has 0 fully saturated rings. The maximum Gasteiger partial charge on any atom is 0.338 e. The van der Waals surface area contributed by atoms with E-state index >= 15 is 0 Å². The van der Waals surface area contributed by atoms with Crippen LogP contribution in [0.2, 0.25) is 0 Å². The van der Waals surface area contributed by atoms with Crippen LogP contribution < -0.4 is 10.6 Å². The topological polar surface area (TPSA) is 87.7 Å². The van der Waals surface area contributed by atoms with Crippen molar-refractivity contribution in [2.24, 2.45) is 0 Å². The summed E-state index contributed by atoms with van der Waals surface area (Å²) in [5, 5.41) is 6.01. The van der Waals surface area contributed by atoms with E-state index in [-0.39, 0.29) is 18.5 Å². The van der Waals surface area contributed by atoms with Crippen LogP contribution in [-0.4, -0.2) is 36.0 Å². The lowest BCUT2D eigenvalue weighted by atomic mass is 9.91. The van der Waals surface area contributed by atoms with Gasteiger partial charge in [0.1, 0.15) is 0 Å². The minimum atomic E-state index is -0.722. The van der Waals surface area contributed by atoms with E-state index in [4.69, 9.17) is 4.74 Å². The van der Waals surface area contributed by atoms with Crippen molar-refractivity contribution in [3.05, 3.63) is 71.3 Å². The zero-order valence-electron chi connectivity index (χ0n) is 23.6. The average Bonchev–Trinajstić information content (AvgIpc) is 2.94. The number of carbonyl (C=O) groups is 3. The van der Waals surface area contributed by atoms with Gasteiger partial charge < -0.3 is 15.4 Å². The van der Waals surface area contributed by atoms with Gasteiger partial charge >= 0.3 is 12.0 Å². The van der Waals surface area contributed by atoms with Crippen molar-refractivity contribution in [1.82, 2.24) is 10.2 Å². The summed E-state index contributed by atoms with van der Waals surface area (Å²) in [6.45, 7) is 6.64. The summed E-state index contributed by atoms with van der Waals surface area (Å²) in [7, 11) is 0. The van der Waals surface area contributed by atoms with Crippen molar-refractivity contribution in [2.75, 3.05) is 18.5 Å². The summed E-state index contributed by atoms with van der Waals surface area (Å²) in [6, 6.07) is 15.8. The molecule has 0 unspecified atom stereocenters. The van der Waals surface area contributed by atoms with E-state index in [2.05, 4.69) is 17.6 Å². The van der Waals surface area contributed by atoms with Crippen LogP contribution in [0.4, 0.5) is 10.5 Å². The predicted octanol–water partition coefficient (Wildman–Crippen LogP) is 7.22. The summed E-state index contributed by atoms with van der Waals surface area (Å²) in [5.41, 5.74) is 3.04. The molecule has 0 bridgehead atoms. The van der Waals surface area contributed by atoms with Crippen molar-refractivity contribution >= 4 is 29.3 Å². The van der Waals surface area contributed by atoms with E-state index in [0.717, 1.165) is 31.2 Å². The fourth-order valence-corrected chi connectivity index (χ4v) is 4.94. The Hall–Kier alpha value is -3.61. The van der Waals surface area contributed by atoms with Crippen LogP contribution in [0.5, 0.6) is 0 Å². The third-order valence-electron chi connectivity index (χ3n) is 6.83. The highest BCUT2D eigenvalue weighted by molar-refractivity contribution is 6.04. The molecule has 0 aliphatic carbocycles. The number of ether oxygens (including phenoxy) is 1. The molecule has 39 heavy (non-hydrogen) atoms. The molecule has 1 atom stereocenters. The Balaban J connectivity index is 1.85. The highest BCUT2D eigenvalue weighted by Crippen LogP contribution is 2.37. The van der Waals surface area contributed by atoms with Gasteiger partial charge in [-0.05, 0) is 43.0 Å². The molecule has 0 saturated heterocycles. The van der Waals surface area contributed by atoms with Gasteiger partial charge in [0.05, 0.1) is 23.9 Å². The quantitative estimate of drug-likeness (QED) is 0.187. The minimum absolute atomic E-state index is 0.0337. The van der Waals surface area contributed by atoms with Crippen LogP contribution in [-0.2, 0) is 14.3 Å². The first-order chi connectivity index (χ1) is 19.0. The molecule has 0 aromatic heterocycles. The van der Waals surface area contributed by atoms with Crippen LogP contribution in [0.3, 0.4) is 0 Å². The van der Waals surface area contributed by atoms with Gasteiger partial charge in [-0.2, -0.15) is 0 Å². The number of esters is 1. The number of nitrogens with one attached hydrogen (secondary N) is 2. The largest absolute Gasteiger partial charge is 0.463 e.